The molecule has 0 saturated heterocycles. The third-order valence-electron chi connectivity index (χ3n) is 1.62. The Hall–Kier alpha value is -1.29. The minimum atomic E-state index is -0.485. The Kier molecular flexibility index (Phi) is 1.22. The van der Waals surface area contributed by atoms with E-state index >= 15 is 0 Å². The highest BCUT2D eigenvalue weighted by Gasteiger charge is 2.18. The average molecular weight is 151 g/mol. The Morgan fingerprint density at radius 2 is 2.27 bits per heavy atom. The number of nitrogens with zero attached hydrogens (tertiary/aromatic N) is 2. The Labute approximate surface area is 62.7 Å². The molecule has 0 saturated carbocycles. The molecule has 0 bridgehead atoms. The van der Waals surface area contributed by atoms with Crippen molar-refractivity contribution in [3.8, 4) is 0 Å². The van der Waals surface area contributed by atoms with Gasteiger partial charge in [0, 0.05) is 5.56 Å². The summed E-state index contributed by atoms with van der Waals surface area (Å²) in [7, 11) is 0. The normalized spacial score (nSPS) is 20.4. The lowest BCUT2D eigenvalue weighted by Crippen LogP contribution is -2.03. The standard InChI is InChI=1S/C7H6FN3/c8-5-3-1-2-4-6(5)10-11-7(4)9/h1-3,7H,9H2. The molecule has 0 fully saturated rings. The van der Waals surface area contributed by atoms with Gasteiger partial charge in [-0.25, -0.2) is 4.39 Å². The lowest BCUT2D eigenvalue weighted by molar-refractivity contribution is 0.629. The Bertz CT molecular complexity index is 321. The predicted octanol–water partition coefficient (Wildman–Crippen LogP) is 1.88. The molecule has 4 heteroatoms. The lowest BCUT2D eigenvalue weighted by atomic mass is 10.1. The van der Waals surface area contributed by atoms with Crippen LogP contribution in [0, 0.1) is 5.82 Å². The Morgan fingerprint density at radius 3 is 3.00 bits per heavy atom. The molecule has 0 aliphatic carbocycles. The summed E-state index contributed by atoms with van der Waals surface area (Å²) in [4.78, 5) is 0. The zero-order valence-corrected chi connectivity index (χ0v) is 5.66. The average Bonchev–Trinajstić information content (AvgIpc) is 2.35. The van der Waals surface area contributed by atoms with Crippen molar-refractivity contribution in [1.82, 2.24) is 0 Å². The Balaban J connectivity index is 2.65. The van der Waals surface area contributed by atoms with E-state index in [-0.39, 0.29) is 11.5 Å². The van der Waals surface area contributed by atoms with Crippen molar-refractivity contribution in [3.05, 3.63) is 29.6 Å². The molecule has 1 aromatic carbocycles. The smallest absolute Gasteiger partial charge is 0.151 e. The second-order valence-electron chi connectivity index (χ2n) is 2.34. The van der Waals surface area contributed by atoms with Crippen LogP contribution in [0.5, 0.6) is 0 Å². The second-order valence-corrected chi connectivity index (χ2v) is 2.34. The van der Waals surface area contributed by atoms with Crippen LogP contribution in [0.15, 0.2) is 28.4 Å². The zero-order chi connectivity index (χ0) is 7.84. The van der Waals surface area contributed by atoms with E-state index in [0.29, 0.717) is 5.56 Å². The maximum Gasteiger partial charge on any atom is 0.151 e. The molecule has 2 rings (SSSR count). The summed E-state index contributed by atoms with van der Waals surface area (Å²) >= 11 is 0. The van der Waals surface area contributed by atoms with Crippen LogP contribution in [-0.4, -0.2) is 0 Å². The SMILES string of the molecule is NC1N=Nc2c(F)cccc21. The molecule has 0 amide bonds. The first-order valence-electron chi connectivity index (χ1n) is 3.24. The van der Waals surface area contributed by atoms with Crippen molar-refractivity contribution < 1.29 is 4.39 Å². The van der Waals surface area contributed by atoms with Gasteiger partial charge in [0.1, 0.15) is 11.9 Å². The van der Waals surface area contributed by atoms with Crippen LogP contribution in [0.1, 0.15) is 11.7 Å². The number of fused-ring (bicyclic) bond motifs is 1. The molecule has 2 N–H and O–H groups in total. The van der Waals surface area contributed by atoms with E-state index in [0.717, 1.165) is 0 Å². The maximum absolute atomic E-state index is 12.9. The third-order valence-corrected chi connectivity index (χ3v) is 1.62. The van der Waals surface area contributed by atoms with E-state index < -0.39 is 6.17 Å². The number of rotatable bonds is 0. The number of hydrogen-bond acceptors (Lipinski definition) is 3. The molecule has 1 aliphatic heterocycles. The van der Waals surface area contributed by atoms with Gasteiger partial charge in [0.05, 0.1) is 0 Å². The van der Waals surface area contributed by atoms with Crippen molar-refractivity contribution in [1.29, 1.82) is 0 Å². The number of nitrogens with two attached hydrogens (primary N) is 1. The van der Waals surface area contributed by atoms with E-state index in [2.05, 4.69) is 10.2 Å². The van der Waals surface area contributed by atoms with E-state index in [1.54, 1.807) is 12.1 Å². The van der Waals surface area contributed by atoms with Crippen LogP contribution in [0.2, 0.25) is 0 Å². The predicted molar refractivity (Wildman–Crippen MR) is 37.8 cm³/mol. The topological polar surface area (TPSA) is 50.7 Å². The molecular weight excluding hydrogens is 145 g/mol. The molecule has 0 radical (unpaired) electrons. The molecule has 56 valence electrons. The molecule has 1 heterocycles. The van der Waals surface area contributed by atoms with Gasteiger partial charge in [-0.3, -0.25) is 0 Å². The first-order valence-corrected chi connectivity index (χ1v) is 3.24. The van der Waals surface area contributed by atoms with E-state index in [1.807, 2.05) is 0 Å². The molecule has 11 heavy (non-hydrogen) atoms. The van der Waals surface area contributed by atoms with Gasteiger partial charge in [-0.2, -0.15) is 10.2 Å². The Morgan fingerprint density at radius 1 is 1.45 bits per heavy atom. The van der Waals surface area contributed by atoms with Crippen molar-refractivity contribution in [3.63, 3.8) is 0 Å². The van der Waals surface area contributed by atoms with Gasteiger partial charge < -0.3 is 5.73 Å². The third kappa shape index (κ3) is 0.832. The van der Waals surface area contributed by atoms with E-state index in [4.69, 9.17) is 5.73 Å². The van der Waals surface area contributed by atoms with Crippen molar-refractivity contribution in [2.45, 2.75) is 6.17 Å². The largest absolute Gasteiger partial charge is 0.304 e. The summed E-state index contributed by atoms with van der Waals surface area (Å²) in [5.74, 6) is -0.362. The van der Waals surface area contributed by atoms with Gasteiger partial charge in [0.2, 0.25) is 0 Å². The summed E-state index contributed by atoms with van der Waals surface area (Å²) in [6, 6.07) is 4.67. The van der Waals surface area contributed by atoms with Gasteiger partial charge in [-0.05, 0) is 6.07 Å². The fourth-order valence-corrected chi connectivity index (χ4v) is 1.06. The van der Waals surface area contributed by atoms with E-state index in [1.165, 1.54) is 6.07 Å². The van der Waals surface area contributed by atoms with Crippen LogP contribution in [0.3, 0.4) is 0 Å². The summed E-state index contributed by atoms with van der Waals surface area (Å²) in [5, 5.41) is 7.23. The van der Waals surface area contributed by atoms with Gasteiger partial charge in [-0.15, -0.1) is 0 Å². The number of azo groups is 1. The molecule has 1 unspecified atom stereocenters. The summed E-state index contributed by atoms with van der Waals surface area (Å²) in [6.07, 6.45) is -0.485. The molecule has 1 aromatic rings. The molecule has 0 spiro atoms. The summed E-state index contributed by atoms with van der Waals surface area (Å²) < 4.78 is 12.9. The fourth-order valence-electron chi connectivity index (χ4n) is 1.06. The van der Waals surface area contributed by atoms with Crippen molar-refractivity contribution >= 4 is 5.69 Å². The molecule has 3 nitrogen and oxygen atoms in total. The van der Waals surface area contributed by atoms with Gasteiger partial charge in [0.15, 0.2) is 5.82 Å². The monoisotopic (exact) mass is 151 g/mol. The van der Waals surface area contributed by atoms with Crippen molar-refractivity contribution in [2.24, 2.45) is 16.0 Å². The second kappa shape index (κ2) is 2.10. The fraction of sp³-hybridized carbons (Fsp3) is 0.143. The highest BCUT2D eigenvalue weighted by atomic mass is 19.1. The summed E-state index contributed by atoms with van der Waals surface area (Å²) in [5.41, 5.74) is 6.42. The number of benzene rings is 1. The van der Waals surface area contributed by atoms with Crippen LogP contribution in [0.4, 0.5) is 10.1 Å². The zero-order valence-electron chi connectivity index (χ0n) is 5.66. The van der Waals surface area contributed by atoms with Gasteiger partial charge in [-0.1, -0.05) is 12.1 Å². The molecular formula is C7H6FN3. The van der Waals surface area contributed by atoms with Crippen LogP contribution >= 0.6 is 0 Å². The van der Waals surface area contributed by atoms with E-state index in [9.17, 15) is 4.39 Å². The first kappa shape index (κ1) is 6.42. The molecule has 1 aliphatic rings. The van der Waals surface area contributed by atoms with Crippen LogP contribution < -0.4 is 5.73 Å². The molecule has 0 aromatic heterocycles. The number of halogens is 1. The molecule has 1 atom stereocenters. The van der Waals surface area contributed by atoms with Crippen molar-refractivity contribution in [2.75, 3.05) is 0 Å². The van der Waals surface area contributed by atoms with Gasteiger partial charge >= 0.3 is 0 Å². The first-order chi connectivity index (χ1) is 5.29. The van der Waals surface area contributed by atoms with Crippen LogP contribution in [-0.2, 0) is 0 Å². The minimum Gasteiger partial charge on any atom is -0.304 e. The summed E-state index contributed by atoms with van der Waals surface area (Å²) in [6.45, 7) is 0. The highest BCUT2D eigenvalue weighted by Crippen LogP contribution is 2.34. The maximum atomic E-state index is 12.9. The van der Waals surface area contributed by atoms with Gasteiger partial charge in [0.25, 0.3) is 0 Å². The highest BCUT2D eigenvalue weighted by molar-refractivity contribution is 5.50. The van der Waals surface area contributed by atoms with Crippen LogP contribution in [0.25, 0.3) is 0 Å². The number of hydrogen-bond donors (Lipinski definition) is 1. The minimum absolute atomic E-state index is 0.278. The quantitative estimate of drug-likeness (QED) is 0.604. The lowest BCUT2D eigenvalue weighted by Gasteiger charge is -1.99.